The normalized spacial score (nSPS) is 14.9. The molecule has 45 heteroatoms. The summed E-state index contributed by atoms with van der Waals surface area (Å²) in [5.74, 6) is 4.85. The van der Waals surface area contributed by atoms with E-state index in [2.05, 4.69) is 132 Å². The van der Waals surface area contributed by atoms with Gasteiger partial charge in [0, 0.05) is 141 Å². The van der Waals surface area contributed by atoms with Crippen LogP contribution >= 0.6 is 75.0 Å². The number of anilines is 18. The van der Waals surface area contributed by atoms with Gasteiger partial charge in [-0.3, -0.25) is 4.90 Å². The monoisotopic (exact) mass is 2180 g/mol. The van der Waals surface area contributed by atoms with Gasteiger partial charge < -0.3 is 99.2 Å². The van der Waals surface area contributed by atoms with Crippen LogP contribution in [-0.4, -0.2) is 253 Å². The number of pyridine rings is 1. The maximum Gasteiger partial charge on any atom is 0.245 e. The van der Waals surface area contributed by atoms with E-state index in [9.17, 15) is 35.1 Å². The molecule has 780 valence electrons. The van der Waals surface area contributed by atoms with Gasteiger partial charge in [0.05, 0.1) is 110 Å². The number of sulfone groups is 1. The predicted octanol–water partition coefficient (Wildman–Crippen LogP) is 20.9. The van der Waals surface area contributed by atoms with Crippen LogP contribution in [0, 0.1) is 0 Å². The molecule has 0 bridgehead atoms. The molecular formula is C101H128Cl4N22O13P4S2. The molecule has 0 saturated carbocycles. The molecule has 0 amide bonds. The number of hydrogen-bond acceptors (Lipinski definition) is 34. The maximum atomic E-state index is 13.6. The van der Waals surface area contributed by atoms with E-state index >= 15 is 0 Å². The quantitative estimate of drug-likeness (QED) is 0.0171. The molecule has 4 aliphatic heterocycles. The van der Waals surface area contributed by atoms with E-state index in [0.717, 1.165) is 129 Å². The van der Waals surface area contributed by atoms with E-state index in [-0.39, 0.29) is 49.2 Å². The molecular weight excluding hydrogens is 2060 g/mol. The fraction of sp³-hybridized carbons (Fsp3) is 0.376. The first-order chi connectivity index (χ1) is 69.6. The Hall–Kier alpha value is -11.0. The van der Waals surface area contributed by atoms with E-state index < -0.39 is 53.7 Å². The number of benzene rings is 7. The summed E-state index contributed by atoms with van der Waals surface area (Å²) in [6.07, 6.45) is 15.5. The van der Waals surface area contributed by atoms with Crippen molar-refractivity contribution >= 4 is 220 Å². The minimum Gasteiger partial charge on any atom is -0.495 e. The van der Waals surface area contributed by atoms with E-state index in [1.54, 1.807) is 155 Å². The second-order valence-electron chi connectivity index (χ2n) is 36.5. The summed E-state index contributed by atoms with van der Waals surface area (Å²) in [7, 11) is -8.63. The molecule has 0 aliphatic carbocycles. The minimum atomic E-state index is -3.72. The first kappa shape index (κ1) is 112. The Bertz CT molecular complexity index is 7010. The van der Waals surface area contributed by atoms with Crippen LogP contribution in [0.1, 0.15) is 73.1 Å². The molecule has 4 saturated heterocycles. The van der Waals surface area contributed by atoms with Gasteiger partial charge in [-0.25, -0.2) is 41.8 Å². The highest BCUT2D eigenvalue weighted by molar-refractivity contribution is 7.92. The number of ether oxygens (including phenoxy) is 5. The average Bonchev–Trinajstić information content (AvgIpc) is 0.980. The number of methoxy groups -OCH3 is 4. The standard InChI is InChI=1S/C31H41ClN7O2P.C26H33ClN5O3P.C23H29ClN5O4PS.C21H25ClN5O4PS/c1-37-15-17-39(18-16-37)23-11-13-38(14-12-23)24-9-10-26(28(21-24)41-2)35-31-33-22-25(32)30(36-31)34-27-7-3-4-8-29(27)42(40)19-5-6-20-42;1-5-35-19-12-14-32(15-13-19)18-10-11-21(23(16-18)34-2)30-26-28-17-20(27)25(31-26)29-22-8-6-7-9-24(22)36(3,4)33;1-6-29(7-2)35(31,32)21-11-9-8-10-19(21)26-22-17(24)15-25-23(28-22)27-18-13-12-16(34(4,5)30)14-20(18)33-3;1-13(2)33(29,30)20-17(7-6-10-23-20)25-19-15(22)12-24-21(27-19)26-16-9-8-14(32(4,5)28)11-18(16)31-3/h3-4,7-10,21-23H,5-6,11-20H2,1-2H3,(H2,33,34,35,36);6-11,16-17,19H,5,12-15H2,1-4H3,(H2,28,29,30,31);8-15H,6-7H2,1-5H3,(H2,25,26,27,28);6-13H,1-5H3,(H2,24,25,26,27). The molecule has 35 nitrogen and oxygen atoms in total. The molecule has 4 aliphatic rings. The minimum absolute atomic E-state index is 0.0926. The Balaban J connectivity index is 0.000000164. The molecule has 0 atom stereocenters. The molecule has 12 aromatic rings. The van der Waals surface area contributed by atoms with Crippen LogP contribution in [0.4, 0.5) is 104 Å². The van der Waals surface area contributed by atoms with Crippen LogP contribution in [0.3, 0.4) is 0 Å². The molecule has 0 unspecified atom stereocenters. The Morgan fingerprint density at radius 2 is 0.822 bits per heavy atom. The fourth-order valence-corrected chi connectivity index (χ4v) is 26.2. The lowest BCUT2D eigenvalue weighted by atomic mass is 10.0. The van der Waals surface area contributed by atoms with Gasteiger partial charge in [-0.15, -0.1) is 0 Å². The predicted molar refractivity (Wildman–Crippen MR) is 597 cm³/mol. The largest absolute Gasteiger partial charge is 0.495 e. The lowest BCUT2D eigenvalue weighted by Crippen LogP contribution is -2.52. The van der Waals surface area contributed by atoms with Gasteiger partial charge in [-0.1, -0.05) is 96.6 Å². The van der Waals surface area contributed by atoms with E-state index in [0.29, 0.717) is 109 Å². The number of para-hydroxylation sites is 3. The Kier molecular flexibility index (Phi) is 38.7. The van der Waals surface area contributed by atoms with Crippen LogP contribution in [-0.2, 0) is 42.9 Å². The van der Waals surface area contributed by atoms with E-state index in [1.807, 2.05) is 73.7 Å². The summed E-state index contributed by atoms with van der Waals surface area (Å²) in [6, 6.07) is 48.4. The SMILES string of the molecule is CCN(CC)S(=O)(=O)c1ccccc1Nc1nc(Nc2ccc(P(C)(C)=O)cc2OC)ncc1Cl.CCOC1CCN(c2ccc(Nc3ncc(Cl)c(Nc4ccccc4P(C)(C)=O)n3)c(OC)c2)CC1.COc1cc(N2CCC(N3CCN(C)CC3)CC2)ccc1Nc1ncc(Cl)c(Nc2ccccc2P2(=O)CCCC2)n1.COc1cc(P(C)(C)=O)ccc1Nc1ncc(Cl)c(Nc2cccnc2S(=O)(=O)C(C)C)n1. The third-order valence-electron chi connectivity index (χ3n) is 25.0. The van der Waals surface area contributed by atoms with Crippen LogP contribution in [0.5, 0.6) is 23.0 Å². The second kappa shape index (κ2) is 50.4. The topological polar surface area (TPSA) is 411 Å². The number of nitrogens with one attached hydrogen (secondary N) is 8. The van der Waals surface area contributed by atoms with Crippen molar-refractivity contribution < 1.29 is 58.8 Å². The Labute approximate surface area is 875 Å². The summed E-state index contributed by atoms with van der Waals surface area (Å²) in [4.78, 5) is 49.2. The highest BCUT2D eigenvalue weighted by Gasteiger charge is 2.35. The lowest BCUT2D eigenvalue weighted by molar-refractivity contribution is 0.0459. The molecule has 146 heavy (non-hydrogen) atoms. The summed E-state index contributed by atoms with van der Waals surface area (Å²) in [5.41, 5.74) is 6.99. The van der Waals surface area contributed by atoms with Gasteiger partial charge in [0.2, 0.25) is 33.8 Å². The Morgan fingerprint density at radius 3 is 1.25 bits per heavy atom. The van der Waals surface area contributed by atoms with Crippen molar-refractivity contribution in [3.05, 3.63) is 209 Å². The van der Waals surface area contributed by atoms with Crippen molar-refractivity contribution in [1.82, 2.24) is 59.0 Å². The summed E-state index contributed by atoms with van der Waals surface area (Å²) in [5, 5.41) is 28.6. The van der Waals surface area contributed by atoms with Gasteiger partial charge in [0.1, 0.15) is 76.6 Å². The molecule has 0 radical (unpaired) electrons. The van der Waals surface area contributed by atoms with Crippen LogP contribution in [0.2, 0.25) is 20.1 Å². The third kappa shape index (κ3) is 28.9. The zero-order valence-electron chi connectivity index (χ0n) is 84.8. The highest BCUT2D eigenvalue weighted by Crippen LogP contribution is 2.53. The van der Waals surface area contributed by atoms with Crippen molar-refractivity contribution in [3.8, 4) is 23.0 Å². The van der Waals surface area contributed by atoms with E-state index in [4.69, 9.17) is 70.1 Å². The zero-order chi connectivity index (χ0) is 105. The first-order valence-corrected chi connectivity index (χ1v) is 62.3. The van der Waals surface area contributed by atoms with Crippen molar-refractivity contribution in [2.75, 3.05) is 212 Å². The molecule has 9 heterocycles. The number of piperidine rings is 2. The third-order valence-corrected chi connectivity index (χ3v) is 38.3. The first-order valence-electron chi connectivity index (χ1n) is 47.9. The molecule has 8 N–H and O–H groups in total. The summed E-state index contributed by atoms with van der Waals surface area (Å²) in [6.45, 7) is 29.1. The maximum absolute atomic E-state index is 13.6. The number of rotatable bonds is 35. The highest BCUT2D eigenvalue weighted by atomic mass is 35.5. The van der Waals surface area contributed by atoms with Gasteiger partial charge in [0.15, 0.2) is 38.1 Å². The molecule has 7 aromatic carbocycles. The summed E-state index contributed by atoms with van der Waals surface area (Å²) < 4.78 is 132. The van der Waals surface area contributed by atoms with Crippen LogP contribution in [0.25, 0.3) is 0 Å². The van der Waals surface area contributed by atoms with E-state index in [1.165, 1.54) is 75.3 Å². The molecule has 5 aromatic heterocycles. The summed E-state index contributed by atoms with van der Waals surface area (Å²) >= 11 is 25.5. The molecule has 16 rings (SSSR count). The molecule has 4 fully saturated rings. The lowest BCUT2D eigenvalue weighted by Gasteiger charge is -2.42. The number of piperazine rings is 1. The number of aromatic nitrogens is 9. The fourth-order valence-electron chi connectivity index (χ4n) is 16.9. The van der Waals surface area contributed by atoms with Gasteiger partial charge in [-0.2, -0.15) is 24.2 Å². The van der Waals surface area contributed by atoms with Crippen molar-refractivity contribution in [2.45, 2.75) is 100 Å². The van der Waals surface area contributed by atoms with Crippen molar-refractivity contribution in [2.24, 2.45) is 0 Å². The van der Waals surface area contributed by atoms with Crippen molar-refractivity contribution in [3.63, 3.8) is 0 Å². The number of halogens is 4. The van der Waals surface area contributed by atoms with Gasteiger partial charge in [-0.05, 0) is 216 Å². The number of nitrogens with zero attached hydrogens (tertiary/aromatic N) is 14. The average molecular weight is 2190 g/mol. The van der Waals surface area contributed by atoms with Gasteiger partial charge >= 0.3 is 0 Å². The van der Waals surface area contributed by atoms with Crippen LogP contribution in [0.15, 0.2) is 199 Å². The smallest absolute Gasteiger partial charge is 0.245 e. The number of hydrogen-bond donors (Lipinski definition) is 8. The molecule has 0 spiro atoms. The Morgan fingerprint density at radius 1 is 0.438 bits per heavy atom. The van der Waals surface area contributed by atoms with Crippen LogP contribution < -0.4 is 92.5 Å². The van der Waals surface area contributed by atoms with Gasteiger partial charge in [0.25, 0.3) is 0 Å². The second-order valence-corrected chi connectivity index (χ2v) is 55.2. The number of likely N-dealkylation sites (N-methyl/N-ethyl adjacent to an activating group) is 1. The van der Waals surface area contributed by atoms with Crippen molar-refractivity contribution in [1.29, 1.82) is 0 Å². The number of sulfonamides is 1. The zero-order valence-corrected chi connectivity index (χ0v) is 93.0.